The minimum Gasteiger partial charge on any atom is -0.497 e. The van der Waals surface area contributed by atoms with Crippen LogP contribution < -0.4 is 19.5 Å². The second-order valence-electron chi connectivity index (χ2n) is 8.04. The maximum Gasteiger partial charge on any atom is 0.261 e. The molecule has 28 heavy (non-hydrogen) atoms. The van der Waals surface area contributed by atoms with Gasteiger partial charge in [0.2, 0.25) is 0 Å². The van der Waals surface area contributed by atoms with Crippen molar-refractivity contribution in [2.24, 2.45) is 0 Å². The topological polar surface area (TPSA) is 56.8 Å². The van der Waals surface area contributed by atoms with Gasteiger partial charge in [-0.05, 0) is 70.0 Å². The van der Waals surface area contributed by atoms with Gasteiger partial charge in [0, 0.05) is 18.1 Å². The monoisotopic (exact) mass is 383 g/mol. The van der Waals surface area contributed by atoms with Crippen molar-refractivity contribution in [3.05, 3.63) is 53.1 Å². The Hall–Kier alpha value is -2.69. The van der Waals surface area contributed by atoms with Gasteiger partial charge in [-0.2, -0.15) is 0 Å². The molecule has 0 unspecified atom stereocenters. The number of carbonyl (C=O) groups is 1. The molecule has 150 valence electrons. The summed E-state index contributed by atoms with van der Waals surface area (Å²) >= 11 is 0. The van der Waals surface area contributed by atoms with Crippen LogP contribution in [0.25, 0.3) is 0 Å². The number of rotatable bonds is 5. The largest absolute Gasteiger partial charge is 0.497 e. The van der Waals surface area contributed by atoms with E-state index in [4.69, 9.17) is 14.2 Å². The van der Waals surface area contributed by atoms with Crippen molar-refractivity contribution in [1.29, 1.82) is 0 Å². The fourth-order valence-electron chi connectivity index (χ4n) is 3.42. The number of carbonyl (C=O) groups excluding carboxylic acids is 1. The highest BCUT2D eigenvalue weighted by Gasteiger charge is 2.35. The molecular formula is C23H29NO4. The van der Waals surface area contributed by atoms with E-state index >= 15 is 0 Å². The minimum atomic E-state index is -0.602. The van der Waals surface area contributed by atoms with E-state index in [-0.39, 0.29) is 11.9 Å². The van der Waals surface area contributed by atoms with Gasteiger partial charge < -0.3 is 19.5 Å². The van der Waals surface area contributed by atoms with Gasteiger partial charge in [0.25, 0.3) is 5.91 Å². The summed E-state index contributed by atoms with van der Waals surface area (Å²) in [6.45, 7) is 9.88. The van der Waals surface area contributed by atoms with Crippen molar-refractivity contribution >= 4 is 5.91 Å². The molecule has 2 atom stereocenters. The second-order valence-corrected chi connectivity index (χ2v) is 8.04. The quantitative estimate of drug-likeness (QED) is 0.826. The van der Waals surface area contributed by atoms with Crippen LogP contribution in [0.2, 0.25) is 0 Å². The van der Waals surface area contributed by atoms with Crippen molar-refractivity contribution in [2.75, 3.05) is 7.11 Å². The number of methoxy groups -OCH3 is 1. The van der Waals surface area contributed by atoms with Crippen LogP contribution in [0.5, 0.6) is 17.2 Å². The van der Waals surface area contributed by atoms with Gasteiger partial charge in [0.1, 0.15) is 22.8 Å². The van der Waals surface area contributed by atoms with E-state index in [9.17, 15) is 4.79 Å². The molecule has 0 radical (unpaired) electrons. The Morgan fingerprint density at radius 2 is 1.86 bits per heavy atom. The van der Waals surface area contributed by atoms with Crippen LogP contribution in [0.4, 0.5) is 0 Å². The average molecular weight is 383 g/mol. The number of benzene rings is 2. The number of nitrogens with one attached hydrogen (secondary N) is 1. The summed E-state index contributed by atoms with van der Waals surface area (Å²) in [5, 5.41) is 3.13. The molecule has 0 saturated carbocycles. The number of fused-ring (bicyclic) bond motifs is 1. The molecule has 0 spiro atoms. The highest BCUT2D eigenvalue weighted by molar-refractivity contribution is 5.81. The van der Waals surface area contributed by atoms with E-state index in [0.29, 0.717) is 12.2 Å². The van der Waals surface area contributed by atoms with Crippen molar-refractivity contribution in [3.63, 3.8) is 0 Å². The average Bonchev–Trinajstić information content (AvgIpc) is 2.63. The van der Waals surface area contributed by atoms with E-state index in [0.717, 1.165) is 22.6 Å². The third-order valence-electron chi connectivity index (χ3n) is 5.16. The smallest absolute Gasteiger partial charge is 0.261 e. The lowest BCUT2D eigenvalue weighted by Gasteiger charge is -2.38. The maximum atomic E-state index is 12.8. The molecule has 1 N–H and O–H groups in total. The molecule has 2 aromatic carbocycles. The molecule has 0 aromatic heterocycles. The van der Waals surface area contributed by atoms with Crippen molar-refractivity contribution in [3.8, 4) is 17.2 Å². The van der Waals surface area contributed by atoms with Crippen LogP contribution in [-0.2, 0) is 4.79 Å². The molecule has 1 aliphatic heterocycles. The predicted octanol–water partition coefficient (Wildman–Crippen LogP) is 4.50. The van der Waals surface area contributed by atoms with E-state index < -0.39 is 11.7 Å². The number of hydrogen-bond acceptors (Lipinski definition) is 4. The normalized spacial score (nSPS) is 18.4. The summed E-state index contributed by atoms with van der Waals surface area (Å²) in [6.07, 6.45) is 0.0730. The van der Waals surface area contributed by atoms with Gasteiger partial charge in [0.05, 0.1) is 13.2 Å². The lowest BCUT2D eigenvalue weighted by Crippen LogP contribution is -2.44. The van der Waals surface area contributed by atoms with Crippen LogP contribution in [0, 0.1) is 13.8 Å². The summed E-state index contributed by atoms with van der Waals surface area (Å²) in [5.74, 6) is 2.02. The van der Waals surface area contributed by atoms with Gasteiger partial charge in [-0.3, -0.25) is 4.79 Å². The Morgan fingerprint density at radius 1 is 1.14 bits per heavy atom. The number of ether oxygens (including phenoxy) is 3. The number of aryl methyl sites for hydroxylation is 2. The molecule has 3 rings (SSSR count). The first-order chi connectivity index (χ1) is 13.2. The summed E-state index contributed by atoms with van der Waals surface area (Å²) in [5.41, 5.74) is 2.89. The fourth-order valence-corrected chi connectivity index (χ4v) is 3.42. The zero-order valence-electron chi connectivity index (χ0n) is 17.5. The number of hydrogen-bond donors (Lipinski definition) is 1. The Bertz CT molecular complexity index is 875. The van der Waals surface area contributed by atoms with Crippen LogP contribution in [-0.4, -0.2) is 24.7 Å². The third kappa shape index (κ3) is 4.41. The Balaban J connectivity index is 1.74. The summed E-state index contributed by atoms with van der Waals surface area (Å²) in [7, 11) is 1.63. The molecule has 1 heterocycles. The molecule has 5 heteroatoms. The Morgan fingerprint density at radius 3 is 2.54 bits per heavy atom. The molecule has 2 aromatic rings. The van der Waals surface area contributed by atoms with E-state index in [1.165, 1.54) is 5.56 Å². The summed E-state index contributed by atoms with van der Waals surface area (Å²) in [4.78, 5) is 12.8. The molecule has 1 aliphatic rings. The Labute approximate surface area is 167 Å². The molecule has 1 amide bonds. The maximum absolute atomic E-state index is 12.8. The van der Waals surface area contributed by atoms with E-state index in [1.807, 2.05) is 57.2 Å². The van der Waals surface area contributed by atoms with Gasteiger partial charge in [-0.25, -0.2) is 0 Å². The number of amides is 1. The van der Waals surface area contributed by atoms with Crippen LogP contribution >= 0.6 is 0 Å². The standard InChI is InChI=1S/C23H29NO4/c1-14-7-8-18(11-15(14)2)27-16(3)22(25)24-20-13-23(4,5)28-21-12-17(26-6)9-10-19(20)21/h7-12,16,20H,13H2,1-6H3,(H,24,25)/t16-,20+/m1/s1. The second kappa shape index (κ2) is 7.74. The van der Waals surface area contributed by atoms with Gasteiger partial charge >= 0.3 is 0 Å². The van der Waals surface area contributed by atoms with Crippen molar-refractivity contribution in [1.82, 2.24) is 5.32 Å². The third-order valence-corrected chi connectivity index (χ3v) is 5.16. The van der Waals surface area contributed by atoms with Crippen molar-refractivity contribution in [2.45, 2.75) is 58.8 Å². The zero-order chi connectivity index (χ0) is 20.5. The van der Waals surface area contributed by atoms with Gasteiger partial charge in [-0.15, -0.1) is 0 Å². The molecule has 0 aliphatic carbocycles. The van der Waals surface area contributed by atoms with Gasteiger partial charge in [-0.1, -0.05) is 6.07 Å². The first kappa shape index (κ1) is 20.1. The molecule has 0 saturated heterocycles. The minimum absolute atomic E-state index is 0.150. The first-order valence-corrected chi connectivity index (χ1v) is 9.60. The highest BCUT2D eigenvalue weighted by atomic mass is 16.5. The highest BCUT2D eigenvalue weighted by Crippen LogP contribution is 2.41. The van der Waals surface area contributed by atoms with E-state index in [1.54, 1.807) is 14.0 Å². The Kier molecular flexibility index (Phi) is 5.54. The molecule has 5 nitrogen and oxygen atoms in total. The SMILES string of the molecule is COc1ccc2c(c1)OC(C)(C)C[C@@H]2NC(=O)[C@@H](C)Oc1ccc(C)c(C)c1. The lowest BCUT2D eigenvalue weighted by molar-refractivity contribution is -0.128. The molecular weight excluding hydrogens is 354 g/mol. The van der Waals surface area contributed by atoms with Crippen molar-refractivity contribution < 1.29 is 19.0 Å². The predicted molar refractivity (Wildman–Crippen MR) is 109 cm³/mol. The molecule has 0 fully saturated rings. The van der Waals surface area contributed by atoms with Crippen LogP contribution in [0.3, 0.4) is 0 Å². The fraction of sp³-hybridized carbons (Fsp3) is 0.435. The summed E-state index contributed by atoms with van der Waals surface area (Å²) in [6, 6.07) is 11.4. The summed E-state index contributed by atoms with van der Waals surface area (Å²) < 4.78 is 17.3. The van der Waals surface area contributed by atoms with Crippen LogP contribution in [0.1, 0.15) is 49.9 Å². The first-order valence-electron chi connectivity index (χ1n) is 9.60. The zero-order valence-corrected chi connectivity index (χ0v) is 17.5. The molecule has 0 bridgehead atoms. The van der Waals surface area contributed by atoms with Crippen LogP contribution in [0.15, 0.2) is 36.4 Å². The van der Waals surface area contributed by atoms with Gasteiger partial charge in [0.15, 0.2) is 6.10 Å². The lowest BCUT2D eigenvalue weighted by atomic mass is 9.89. The van der Waals surface area contributed by atoms with E-state index in [2.05, 4.69) is 12.2 Å².